The number of sulfone groups is 1. The SMILES string of the molecule is Cc1c(Cl)[nH]c(=O)n(C2CCS(=O)(=O)C2)c1=O. The fourth-order valence-electron chi connectivity index (χ4n) is 1.93. The van der Waals surface area contributed by atoms with Crippen LogP contribution in [0.4, 0.5) is 0 Å². The van der Waals surface area contributed by atoms with Crippen LogP contribution >= 0.6 is 11.6 Å². The number of hydrogen-bond donors (Lipinski definition) is 1. The summed E-state index contributed by atoms with van der Waals surface area (Å²) in [6.07, 6.45) is 0.284. The van der Waals surface area contributed by atoms with Gasteiger partial charge in [0.05, 0.1) is 17.5 Å². The van der Waals surface area contributed by atoms with Gasteiger partial charge in [0, 0.05) is 5.56 Å². The number of aromatic amines is 1. The van der Waals surface area contributed by atoms with Crippen molar-refractivity contribution in [3.8, 4) is 0 Å². The van der Waals surface area contributed by atoms with E-state index in [1.165, 1.54) is 6.92 Å². The molecule has 1 atom stereocenters. The predicted octanol–water partition coefficient (Wildman–Crippen LogP) is -0.142. The third-order valence-corrected chi connectivity index (χ3v) is 5.01. The molecule has 0 amide bonds. The van der Waals surface area contributed by atoms with E-state index in [1.807, 2.05) is 0 Å². The zero-order valence-electron chi connectivity index (χ0n) is 9.07. The zero-order valence-corrected chi connectivity index (χ0v) is 10.6. The Morgan fingerprint density at radius 3 is 2.59 bits per heavy atom. The van der Waals surface area contributed by atoms with Crippen LogP contribution in [0.5, 0.6) is 0 Å². The Labute approximate surface area is 102 Å². The topological polar surface area (TPSA) is 89.0 Å². The van der Waals surface area contributed by atoms with Gasteiger partial charge in [0.25, 0.3) is 5.56 Å². The van der Waals surface area contributed by atoms with Gasteiger partial charge in [0.1, 0.15) is 5.15 Å². The van der Waals surface area contributed by atoms with Crippen molar-refractivity contribution in [1.29, 1.82) is 0 Å². The maximum absolute atomic E-state index is 11.9. The van der Waals surface area contributed by atoms with E-state index >= 15 is 0 Å². The Balaban J connectivity index is 2.59. The molecule has 1 fully saturated rings. The molecule has 8 heteroatoms. The van der Waals surface area contributed by atoms with E-state index in [0.717, 1.165) is 4.57 Å². The largest absolute Gasteiger partial charge is 0.329 e. The van der Waals surface area contributed by atoms with Gasteiger partial charge in [-0.25, -0.2) is 13.2 Å². The van der Waals surface area contributed by atoms with E-state index in [-0.39, 0.29) is 28.6 Å². The number of nitrogens with one attached hydrogen (secondary N) is 1. The van der Waals surface area contributed by atoms with Crippen LogP contribution in [0, 0.1) is 6.92 Å². The van der Waals surface area contributed by atoms with Crippen molar-refractivity contribution in [1.82, 2.24) is 9.55 Å². The lowest BCUT2D eigenvalue weighted by Crippen LogP contribution is -2.39. The number of aromatic nitrogens is 2. The van der Waals surface area contributed by atoms with Gasteiger partial charge < -0.3 is 0 Å². The van der Waals surface area contributed by atoms with Gasteiger partial charge in [-0.15, -0.1) is 0 Å². The third-order valence-electron chi connectivity index (χ3n) is 2.88. The van der Waals surface area contributed by atoms with Crippen molar-refractivity contribution in [2.24, 2.45) is 0 Å². The summed E-state index contributed by atoms with van der Waals surface area (Å²) in [5.74, 6) is -0.164. The van der Waals surface area contributed by atoms with E-state index in [2.05, 4.69) is 4.98 Å². The highest BCUT2D eigenvalue weighted by atomic mass is 35.5. The maximum atomic E-state index is 11.9. The number of H-pyrrole nitrogens is 1. The Morgan fingerprint density at radius 2 is 2.06 bits per heavy atom. The summed E-state index contributed by atoms with van der Waals surface area (Å²) in [6, 6.07) is -0.591. The Bertz CT molecular complexity index is 673. The third kappa shape index (κ3) is 2.16. The summed E-state index contributed by atoms with van der Waals surface area (Å²) in [5, 5.41) is -0.00268. The number of halogens is 1. The first kappa shape index (κ1) is 12.4. The highest BCUT2D eigenvalue weighted by Crippen LogP contribution is 2.21. The average molecular weight is 279 g/mol. The summed E-state index contributed by atoms with van der Waals surface area (Å²) in [6.45, 7) is 1.49. The molecule has 1 aromatic rings. The van der Waals surface area contributed by atoms with Crippen LogP contribution in [0.1, 0.15) is 18.0 Å². The summed E-state index contributed by atoms with van der Waals surface area (Å²) in [7, 11) is -3.15. The molecule has 0 saturated carbocycles. The van der Waals surface area contributed by atoms with Crippen molar-refractivity contribution in [2.45, 2.75) is 19.4 Å². The van der Waals surface area contributed by atoms with Crippen molar-refractivity contribution in [2.75, 3.05) is 11.5 Å². The molecule has 1 saturated heterocycles. The van der Waals surface area contributed by atoms with E-state index in [1.54, 1.807) is 0 Å². The smallest absolute Gasteiger partial charge is 0.297 e. The second-order valence-corrected chi connectivity index (χ2v) is 6.71. The van der Waals surface area contributed by atoms with Crippen molar-refractivity contribution in [3.05, 3.63) is 31.6 Å². The molecule has 1 aliphatic heterocycles. The molecule has 0 aromatic carbocycles. The number of rotatable bonds is 1. The molecule has 1 unspecified atom stereocenters. The lowest BCUT2D eigenvalue weighted by molar-refractivity contribution is 0.509. The highest BCUT2D eigenvalue weighted by molar-refractivity contribution is 7.91. The molecular formula is C9H11ClN2O4S. The molecule has 6 nitrogen and oxygen atoms in total. The normalized spacial score (nSPS) is 22.8. The average Bonchev–Trinajstić information content (AvgIpc) is 2.55. The first-order valence-corrected chi connectivity index (χ1v) is 7.23. The van der Waals surface area contributed by atoms with Crippen molar-refractivity contribution in [3.63, 3.8) is 0 Å². The lowest BCUT2D eigenvalue weighted by Gasteiger charge is -2.11. The first-order chi connectivity index (χ1) is 7.82. The van der Waals surface area contributed by atoms with Gasteiger partial charge in [-0.05, 0) is 13.3 Å². The van der Waals surface area contributed by atoms with E-state index in [0.29, 0.717) is 0 Å². The van der Waals surface area contributed by atoms with Crippen LogP contribution in [0.25, 0.3) is 0 Å². The van der Waals surface area contributed by atoms with Crippen molar-refractivity contribution < 1.29 is 8.42 Å². The summed E-state index contributed by atoms with van der Waals surface area (Å²) >= 11 is 5.67. The molecule has 0 spiro atoms. The molecule has 0 radical (unpaired) electrons. The highest BCUT2D eigenvalue weighted by Gasteiger charge is 2.31. The van der Waals surface area contributed by atoms with Gasteiger partial charge in [-0.2, -0.15) is 0 Å². The molecule has 1 aromatic heterocycles. The summed E-state index contributed by atoms with van der Waals surface area (Å²) in [5.41, 5.74) is -0.968. The van der Waals surface area contributed by atoms with Crippen LogP contribution < -0.4 is 11.2 Å². The molecule has 2 heterocycles. The Kier molecular flexibility index (Phi) is 2.90. The van der Waals surface area contributed by atoms with E-state index in [9.17, 15) is 18.0 Å². The van der Waals surface area contributed by atoms with Gasteiger partial charge >= 0.3 is 5.69 Å². The van der Waals surface area contributed by atoms with Crippen LogP contribution in [-0.4, -0.2) is 29.5 Å². The van der Waals surface area contributed by atoms with Crippen LogP contribution in [0.3, 0.4) is 0 Å². The zero-order chi connectivity index (χ0) is 12.8. The van der Waals surface area contributed by atoms with Gasteiger partial charge in [0.2, 0.25) is 0 Å². The quantitative estimate of drug-likeness (QED) is 0.724. The van der Waals surface area contributed by atoms with Gasteiger partial charge in [0.15, 0.2) is 9.84 Å². The second-order valence-electron chi connectivity index (χ2n) is 4.10. The molecule has 0 bridgehead atoms. The van der Waals surface area contributed by atoms with Crippen LogP contribution in [-0.2, 0) is 9.84 Å². The number of hydrogen-bond acceptors (Lipinski definition) is 4. The predicted molar refractivity (Wildman–Crippen MR) is 63.4 cm³/mol. The fourth-order valence-corrected chi connectivity index (χ4v) is 3.79. The molecule has 94 valence electrons. The Hall–Kier alpha value is -1.08. The van der Waals surface area contributed by atoms with Crippen LogP contribution in [0.15, 0.2) is 9.59 Å². The van der Waals surface area contributed by atoms with E-state index in [4.69, 9.17) is 11.6 Å². The molecule has 1 N–H and O–H groups in total. The monoisotopic (exact) mass is 278 g/mol. The minimum Gasteiger partial charge on any atom is -0.297 e. The molecule has 2 rings (SSSR count). The van der Waals surface area contributed by atoms with Gasteiger partial charge in [-0.1, -0.05) is 11.6 Å². The standard InChI is InChI=1S/C9H11ClN2O4S/c1-5-7(10)11-9(14)12(8(5)13)6-2-3-17(15,16)4-6/h6H,2-4H2,1H3,(H,11,14). The first-order valence-electron chi connectivity index (χ1n) is 5.03. The minimum absolute atomic E-state index is 0.00268. The number of nitrogens with zero attached hydrogens (tertiary/aromatic N) is 1. The summed E-state index contributed by atoms with van der Waals surface area (Å²) < 4.78 is 23.6. The maximum Gasteiger partial charge on any atom is 0.329 e. The van der Waals surface area contributed by atoms with Crippen molar-refractivity contribution >= 4 is 21.4 Å². The van der Waals surface area contributed by atoms with E-state index < -0.39 is 27.1 Å². The second kappa shape index (κ2) is 3.99. The molecule has 17 heavy (non-hydrogen) atoms. The van der Waals surface area contributed by atoms with Gasteiger partial charge in [-0.3, -0.25) is 14.3 Å². The molecular weight excluding hydrogens is 268 g/mol. The lowest BCUT2D eigenvalue weighted by atomic mass is 10.2. The fraction of sp³-hybridized carbons (Fsp3) is 0.556. The van der Waals surface area contributed by atoms with Crippen LogP contribution in [0.2, 0.25) is 5.15 Å². The summed E-state index contributed by atoms with van der Waals surface area (Å²) in [4.78, 5) is 25.8. The molecule has 0 aliphatic carbocycles. The minimum atomic E-state index is -3.15. The molecule has 1 aliphatic rings. The Morgan fingerprint density at radius 1 is 1.41 bits per heavy atom.